The second-order valence-electron chi connectivity index (χ2n) is 10.2. The van der Waals surface area contributed by atoms with Crippen LogP contribution in [0.15, 0.2) is 40.7 Å². The van der Waals surface area contributed by atoms with E-state index in [4.69, 9.17) is 10.5 Å². The number of amides is 2. The minimum absolute atomic E-state index is 0.115. The van der Waals surface area contributed by atoms with Gasteiger partial charge in [-0.3, -0.25) is 9.59 Å². The van der Waals surface area contributed by atoms with Crippen LogP contribution in [-0.4, -0.2) is 60.4 Å². The Morgan fingerprint density at radius 2 is 2.06 bits per heavy atom. The van der Waals surface area contributed by atoms with Crippen molar-refractivity contribution in [2.45, 2.75) is 45.2 Å². The minimum Gasteiger partial charge on any atom is -0.404 e. The van der Waals surface area contributed by atoms with Crippen LogP contribution in [0.25, 0.3) is 0 Å². The van der Waals surface area contributed by atoms with Crippen LogP contribution in [0.3, 0.4) is 0 Å². The van der Waals surface area contributed by atoms with Crippen molar-refractivity contribution in [3.05, 3.63) is 35.7 Å². The maximum Gasteiger partial charge on any atom is 0.256 e. The van der Waals surface area contributed by atoms with Gasteiger partial charge < -0.3 is 26.0 Å². The molecule has 5 atom stereocenters. The Labute approximate surface area is 189 Å². The third-order valence-corrected chi connectivity index (χ3v) is 8.06. The fraction of sp³-hybridized carbons (Fsp3) is 0.625. The quantitative estimate of drug-likeness (QED) is 0.248. The van der Waals surface area contributed by atoms with E-state index in [9.17, 15) is 9.59 Å². The number of carbonyl (C=O) groups excluding carboxylic acids is 2. The van der Waals surface area contributed by atoms with Crippen molar-refractivity contribution >= 4 is 17.6 Å². The number of carbonyl (C=O) groups is 2. The van der Waals surface area contributed by atoms with Crippen LogP contribution in [0, 0.1) is 23.2 Å². The fourth-order valence-electron chi connectivity index (χ4n) is 6.66. The molecule has 4 N–H and O–H groups in total. The van der Waals surface area contributed by atoms with Crippen LogP contribution in [-0.2, 0) is 14.3 Å². The first-order chi connectivity index (χ1) is 15.3. The molecule has 0 radical (unpaired) electrons. The van der Waals surface area contributed by atoms with Crippen LogP contribution < -0.4 is 16.4 Å². The number of ether oxygens (including phenoxy) is 1. The number of rotatable bonds is 6. The van der Waals surface area contributed by atoms with Gasteiger partial charge in [-0.05, 0) is 50.5 Å². The molecule has 2 amide bonds. The summed E-state index contributed by atoms with van der Waals surface area (Å²) in [6, 6.07) is 0.242. The Hall–Kier alpha value is -2.61. The van der Waals surface area contributed by atoms with E-state index in [1.54, 1.807) is 11.8 Å². The van der Waals surface area contributed by atoms with E-state index in [-0.39, 0.29) is 17.9 Å². The van der Waals surface area contributed by atoms with Gasteiger partial charge in [0.2, 0.25) is 5.91 Å². The Morgan fingerprint density at radius 1 is 1.31 bits per heavy atom. The first kappa shape index (κ1) is 21.2. The molecule has 8 heteroatoms. The predicted molar refractivity (Wildman–Crippen MR) is 121 cm³/mol. The topological polar surface area (TPSA) is 109 Å². The van der Waals surface area contributed by atoms with Crippen LogP contribution in [0.2, 0.25) is 0 Å². The molecule has 1 heterocycles. The summed E-state index contributed by atoms with van der Waals surface area (Å²) in [6.45, 7) is 7.69. The van der Waals surface area contributed by atoms with E-state index in [1.165, 1.54) is 19.5 Å². The number of amidine groups is 1. The molecule has 3 saturated carbocycles. The van der Waals surface area contributed by atoms with Crippen molar-refractivity contribution in [1.82, 2.24) is 15.5 Å². The van der Waals surface area contributed by atoms with Gasteiger partial charge in [0.15, 0.2) is 0 Å². The molecule has 5 unspecified atom stereocenters. The fourth-order valence-corrected chi connectivity index (χ4v) is 6.66. The van der Waals surface area contributed by atoms with Crippen molar-refractivity contribution in [2.75, 3.05) is 26.3 Å². The van der Waals surface area contributed by atoms with Gasteiger partial charge in [0, 0.05) is 43.9 Å². The molecule has 1 saturated heterocycles. The number of morpholine rings is 1. The number of allylic oxidation sites excluding steroid dienone is 2. The zero-order valence-electron chi connectivity index (χ0n) is 19.1. The number of aliphatic imine (C=N–C) groups is 1. The molecule has 0 aromatic carbocycles. The predicted octanol–water partition coefficient (Wildman–Crippen LogP) is 1.07. The summed E-state index contributed by atoms with van der Waals surface area (Å²) < 4.78 is 5.48. The van der Waals surface area contributed by atoms with Gasteiger partial charge in [-0.1, -0.05) is 11.6 Å². The molecular formula is C24H33N5O3. The van der Waals surface area contributed by atoms with Crippen LogP contribution >= 0.6 is 0 Å². The third-order valence-electron chi connectivity index (χ3n) is 8.06. The summed E-state index contributed by atoms with van der Waals surface area (Å²) in [5, 5.41) is 6.15. The van der Waals surface area contributed by atoms with Gasteiger partial charge in [0.05, 0.1) is 24.3 Å². The van der Waals surface area contributed by atoms with Crippen molar-refractivity contribution in [1.29, 1.82) is 0 Å². The molecule has 0 aromatic rings. The number of hydrogen-bond donors (Lipinski definition) is 3. The smallest absolute Gasteiger partial charge is 0.256 e. The summed E-state index contributed by atoms with van der Waals surface area (Å²) in [4.78, 5) is 31.4. The highest BCUT2D eigenvalue weighted by atomic mass is 16.5. The standard InChI is InChI=1S/C24H33N5O3/c1-14(30)28-23(2,3)4-5-26-21(29-6-8-32-9-7-29)17(13-25)22(31)27-20-18-11-15-10-16-12-19(20)24(15,16)18/h4-5,10,13,15,18-20H,6-9,11-12,25H2,1-3H3,(H,27,31)(H,28,30)/b5-4+,17-13+,26-21-. The average molecular weight is 440 g/mol. The normalized spacial score (nSPS) is 35.3. The molecule has 172 valence electrons. The summed E-state index contributed by atoms with van der Waals surface area (Å²) in [5.41, 5.74) is 7.89. The first-order valence-corrected chi connectivity index (χ1v) is 11.6. The van der Waals surface area contributed by atoms with E-state index in [0.29, 0.717) is 55.0 Å². The molecule has 5 rings (SSSR count). The van der Waals surface area contributed by atoms with Gasteiger partial charge in [-0.25, -0.2) is 4.99 Å². The molecule has 0 bridgehead atoms. The van der Waals surface area contributed by atoms with E-state index in [0.717, 1.165) is 12.3 Å². The van der Waals surface area contributed by atoms with Gasteiger partial charge in [0.1, 0.15) is 5.84 Å². The summed E-state index contributed by atoms with van der Waals surface area (Å²) in [5.74, 6) is 2.22. The number of nitrogens with one attached hydrogen (secondary N) is 2. The lowest BCUT2D eigenvalue weighted by Gasteiger charge is -2.83. The molecular weight excluding hydrogens is 406 g/mol. The summed E-state index contributed by atoms with van der Waals surface area (Å²) >= 11 is 0. The summed E-state index contributed by atoms with van der Waals surface area (Å²) in [6.07, 6.45) is 9.58. The van der Waals surface area contributed by atoms with Gasteiger partial charge in [-0.2, -0.15) is 0 Å². The molecule has 1 aliphatic heterocycles. The highest BCUT2D eigenvalue weighted by molar-refractivity contribution is 6.20. The maximum absolute atomic E-state index is 13.3. The Kier molecular flexibility index (Phi) is 4.96. The number of hydrogen-bond acceptors (Lipinski definition) is 5. The molecule has 32 heavy (non-hydrogen) atoms. The second-order valence-corrected chi connectivity index (χ2v) is 10.2. The van der Waals surface area contributed by atoms with Crippen molar-refractivity contribution in [2.24, 2.45) is 33.9 Å². The van der Waals surface area contributed by atoms with Gasteiger partial charge >= 0.3 is 0 Å². The lowest BCUT2D eigenvalue weighted by Crippen LogP contribution is -2.83. The molecule has 1 spiro atoms. The highest BCUT2D eigenvalue weighted by Crippen LogP contribution is 2.84. The Morgan fingerprint density at radius 3 is 2.66 bits per heavy atom. The first-order valence-electron chi connectivity index (χ1n) is 11.6. The lowest BCUT2D eigenvalue weighted by atomic mass is 9.21. The van der Waals surface area contributed by atoms with Crippen molar-refractivity contribution in [3.63, 3.8) is 0 Å². The van der Waals surface area contributed by atoms with Crippen LogP contribution in [0.1, 0.15) is 33.6 Å². The van der Waals surface area contributed by atoms with Crippen molar-refractivity contribution < 1.29 is 14.3 Å². The zero-order valence-corrected chi connectivity index (χ0v) is 19.1. The number of nitrogens with two attached hydrogens (primary N) is 1. The minimum atomic E-state index is -0.556. The highest BCUT2D eigenvalue weighted by Gasteiger charge is 2.81. The molecule has 0 aromatic heterocycles. The summed E-state index contributed by atoms with van der Waals surface area (Å²) in [7, 11) is 0. The maximum atomic E-state index is 13.3. The molecule has 4 aliphatic carbocycles. The van der Waals surface area contributed by atoms with Crippen LogP contribution in [0.4, 0.5) is 0 Å². The van der Waals surface area contributed by atoms with Gasteiger partial charge in [0.25, 0.3) is 5.91 Å². The van der Waals surface area contributed by atoms with E-state index in [2.05, 4.69) is 21.7 Å². The van der Waals surface area contributed by atoms with Gasteiger partial charge in [-0.15, -0.1) is 0 Å². The molecule has 4 fully saturated rings. The molecule has 8 nitrogen and oxygen atoms in total. The van der Waals surface area contributed by atoms with E-state index < -0.39 is 5.54 Å². The SMILES string of the molecule is CC(=O)NC(C)(C)/C=C/N=C(/C(=C\N)C(=O)NC1C2CC3=CC4CC1C342)N1CCOCC1. The van der Waals surface area contributed by atoms with Crippen molar-refractivity contribution in [3.8, 4) is 0 Å². The van der Waals surface area contributed by atoms with E-state index in [1.807, 2.05) is 24.8 Å². The third kappa shape index (κ3) is 3.03. The zero-order chi connectivity index (χ0) is 22.7. The number of nitrogens with zero attached hydrogens (tertiary/aromatic N) is 2. The Balaban J connectivity index is 1.32. The lowest BCUT2D eigenvalue weighted by molar-refractivity contribution is -0.247. The van der Waals surface area contributed by atoms with E-state index >= 15 is 0 Å². The second kappa shape index (κ2) is 7.47. The Bertz CT molecular complexity index is 951. The average Bonchev–Trinajstić information content (AvgIpc) is 2.68. The molecule has 5 aliphatic rings. The largest absolute Gasteiger partial charge is 0.404 e. The monoisotopic (exact) mass is 439 g/mol. The van der Waals surface area contributed by atoms with Crippen LogP contribution in [0.5, 0.6) is 0 Å².